The number of hydrogen-bond acceptors (Lipinski definition) is 9. The SMILES string of the molecule is Cc1nc(Nc2ncc(C(=O)Nc3c(C)cccc3Cl)s2)cc(N2CCN(C(C)S)CC2)n1. The quantitative estimate of drug-likeness (QED) is 0.424. The molecule has 3 aromatic rings. The van der Waals surface area contributed by atoms with Crippen LogP contribution in [0.3, 0.4) is 0 Å². The number of thiol groups is 1. The third-order valence-electron chi connectivity index (χ3n) is 5.42. The Labute approximate surface area is 207 Å². The topological polar surface area (TPSA) is 86.3 Å². The van der Waals surface area contributed by atoms with Gasteiger partial charge in [-0.15, -0.1) is 0 Å². The zero-order valence-electron chi connectivity index (χ0n) is 18.7. The van der Waals surface area contributed by atoms with Crippen LogP contribution in [0, 0.1) is 13.8 Å². The second-order valence-corrected chi connectivity index (χ2v) is 10.0. The number of amides is 1. The molecule has 0 spiro atoms. The lowest BCUT2D eigenvalue weighted by Crippen LogP contribution is -2.48. The monoisotopic (exact) mass is 503 g/mol. The van der Waals surface area contributed by atoms with E-state index in [0.717, 1.165) is 37.6 Å². The van der Waals surface area contributed by atoms with E-state index in [0.29, 0.717) is 32.4 Å². The van der Waals surface area contributed by atoms with Crippen molar-refractivity contribution in [3.8, 4) is 0 Å². The zero-order chi connectivity index (χ0) is 23.5. The lowest BCUT2D eigenvalue weighted by molar-refractivity contribution is 0.103. The van der Waals surface area contributed by atoms with Gasteiger partial charge in [-0.25, -0.2) is 15.0 Å². The maximum absolute atomic E-state index is 12.7. The first kappa shape index (κ1) is 23.7. The van der Waals surface area contributed by atoms with Crippen LogP contribution in [0.15, 0.2) is 30.5 Å². The summed E-state index contributed by atoms with van der Waals surface area (Å²) in [5, 5.41) is 7.41. The molecule has 1 fully saturated rings. The average Bonchev–Trinajstić information content (AvgIpc) is 3.24. The predicted octanol–water partition coefficient (Wildman–Crippen LogP) is 4.60. The van der Waals surface area contributed by atoms with Gasteiger partial charge in [0.1, 0.15) is 22.3 Å². The van der Waals surface area contributed by atoms with Gasteiger partial charge in [-0.05, 0) is 32.4 Å². The van der Waals surface area contributed by atoms with Gasteiger partial charge in [0.25, 0.3) is 5.91 Å². The van der Waals surface area contributed by atoms with Crippen molar-refractivity contribution in [2.45, 2.75) is 26.1 Å². The van der Waals surface area contributed by atoms with Crippen LogP contribution in [-0.4, -0.2) is 57.3 Å². The minimum atomic E-state index is -0.257. The van der Waals surface area contributed by atoms with Gasteiger partial charge >= 0.3 is 0 Å². The minimum Gasteiger partial charge on any atom is -0.354 e. The van der Waals surface area contributed by atoms with E-state index in [1.54, 1.807) is 12.3 Å². The highest BCUT2D eigenvalue weighted by atomic mass is 35.5. The number of nitrogens with one attached hydrogen (secondary N) is 2. The maximum Gasteiger partial charge on any atom is 0.267 e. The van der Waals surface area contributed by atoms with Crippen molar-refractivity contribution < 1.29 is 4.79 Å². The van der Waals surface area contributed by atoms with Crippen LogP contribution >= 0.6 is 35.6 Å². The van der Waals surface area contributed by atoms with Gasteiger partial charge in [-0.3, -0.25) is 9.69 Å². The van der Waals surface area contributed by atoms with Gasteiger partial charge in [0.15, 0.2) is 5.13 Å². The van der Waals surface area contributed by atoms with Gasteiger partial charge in [0.2, 0.25) is 0 Å². The van der Waals surface area contributed by atoms with E-state index in [1.807, 2.05) is 32.0 Å². The highest BCUT2D eigenvalue weighted by Gasteiger charge is 2.21. The number of hydrogen-bond donors (Lipinski definition) is 3. The summed E-state index contributed by atoms with van der Waals surface area (Å²) >= 11 is 12.0. The van der Waals surface area contributed by atoms with Crippen LogP contribution in [-0.2, 0) is 0 Å². The number of rotatable bonds is 6. The molecule has 1 aliphatic heterocycles. The summed E-state index contributed by atoms with van der Waals surface area (Å²) in [6.45, 7) is 9.49. The molecular weight excluding hydrogens is 478 g/mol. The fraction of sp³-hybridized carbons (Fsp3) is 0.364. The maximum atomic E-state index is 12.7. The number of para-hydroxylation sites is 1. The predicted molar refractivity (Wildman–Crippen MR) is 139 cm³/mol. The molecule has 0 aliphatic carbocycles. The summed E-state index contributed by atoms with van der Waals surface area (Å²) in [5.41, 5.74) is 1.50. The number of thiazole rings is 1. The Kier molecular flexibility index (Phi) is 7.38. The van der Waals surface area contributed by atoms with Crippen molar-refractivity contribution in [3.63, 3.8) is 0 Å². The summed E-state index contributed by atoms with van der Waals surface area (Å²) in [4.78, 5) is 31.2. The molecule has 1 saturated heterocycles. The molecule has 0 radical (unpaired) electrons. The van der Waals surface area contributed by atoms with Crippen molar-refractivity contribution in [2.75, 3.05) is 41.7 Å². The molecule has 8 nitrogen and oxygen atoms in total. The van der Waals surface area contributed by atoms with Gasteiger partial charge < -0.3 is 15.5 Å². The Hall–Kier alpha value is -2.40. The van der Waals surface area contributed by atoms with Crippen molar-refractivity contribution in [3.05, 3.63) is 51.7 Å². The fourth-order valence-corrected chi connectivity index (χ4v) is 4.83. The second kappa shape index (κ2) is 10.3. The van der Waals surface area contributed by atoms with Gasteiger partial charge in [-0.1, -0.05) is 35.1 Å². The van der Waals surface area contributed by atoms with Crippen molar-refractivity contribution >= 4 is 63.9 Å². The molecule has 4 rings (SSSR count). The van der Waals surface area contributed by atoms with Gasteiger partial charge in [0, 0.05) is 32.2 Å². The van der Waals surface area contributed by atoms with E-state index in [-0.39, 0.29) is 11.3 Å². The Bertz CT molecular complexity index is 1130. The standard InChI is InChI=1S/C22H26ClN7OS2/c1-13-5-4-6-16(23)20(13)28-21(31)17-12-24-22(33-17)27-18-11-19(26-14(2)25-18)30-9-7-29(8-10-30)15(3)32/h4-6,11-12,15,32H,7-10H2,1-3H3,(H,28,31)(H,24,25,26,27). The lowest BCUT2D eigenvalue weighted by atomic mass is 10.2. The Morgan fingerprint density at radius 1 is 1.21 bits per heavy atom. The molecule has 1 aromatic carbocycles. The van der Waals surface area contributed by atoms with E-state index >= 15 is 0 Å². The minimum absolute atomic E-state index is 0.245. The zero-order valence-corrected chi connectivity index (χ0v) is 21.1. The van der Waals surface area contributed by atoms with E-state index in [9.17, 15) is 4.79 Å². The van der Waals surface area contributed by atoms with Crippen molar-refractivity contribution in [1.29, 1.82) is 0 Å². The number of benzene rings is 1. The largest absolute Gasteiger partial charge is 0.354 e. The van der Waals surface area contributed by atoms with Crippen LogP contribution < -0.4 is 15.5 Å². The fourth-order valence-electron chi connectivity index (χ4n) is 3.61. The molecular formula is C22H26ClN7OS2. The molecule has 3 heterocycles. The average molecular weight is 504 g/mol. The molecule has 0 bridgehead atoms. The smallest absolute Gasteiger partial charge is 0.267 e. The number of nitrogens with zero attached hydrogens (tertiary/aromatic N) is 5. The highest BCUT2D eigenvalue weighted by Crippen LogP contribution is 2.28. The third kappa shape index (κ3) is 5.75. The molecule has 11 heteroatoms. The van der Waals surface area contributed by atoms with Crippen molar-refractivity contribution in [2.24, 2.45) is 0 Å². The number of halogens is 1. The summed E-state index contributed by atoms with van der Waals surface area (Å²) in [6.07, 6.45) is 1.54. The van der Waals surface area contributed by atoms with Gasteiger partial charge in [0.05, 0.1) is 22.3 Å². The summed E-state index contributed by atoms with van der Waals surface area (Å²) in [6, 6.07) is 7.41. The molecule has 1 atom stereocenters. The summed E-state index contributed by atoms with van der Waals surface area (Å²) in [7, 11) is 0. The van der Waals surface area contributed by atoms with Gasteiger partial charge in [-0.2, -0.15) is 12.6 Å². The number of anilines is 4. The van der Waals surface area contributed by atoms with Crippen LogP contribution in [0.25, 0.3) is 0 Å². The number of aromatic nitrogens is 3. The number of carbonyl (C=O) groups is 1. The molecule has 1 amide bonds. The Morgan fingerprint density at radius 2 is 1.97 bits per heavy atom. The lowest BCUT2D eigenvalue weighted by Gasteiger charge is -2.37. The van der Waals surface area contributed by atoms with Crippen LogP contribution in [0.2, 0.25) is 5.02 Å². The second-order valence-electron chi connectivity index (χ2n) is 7.85. The number of piperazine rings is 1. The van der Waals surface area contributed by atoms with E-state index < -0.39 is 0 Å². The number of aryl methyl sites for hydroxylation is 2. The third-order valence-corrected chi connectivity index (χ3v) is 6.97. The van der Waals surface area contributed by atoms with E-state index in [4.69, 9.17) is 11.6 Å². The van der Waals surface area contributed by atoms with E-state index in [1.165, 1.54) is 11.3 Å². The molecule has 0 saturated carbocycles. The molecule has 33 heavy (non-hydrogen) atoms. The molecule has 2 N–H and O–H groups in total. The van der Waals surface area contributed by atoms with Crippen LogP contribution in [0.4, 0.5) is 22.5 Å². The first-order chi connectivity index (χ1) is 15.8. The van der Waals surface area contributed by atoms with Crippen molar-refractivity contribution in [1.82, 2.24) is 19.9 Å². The molecule has 1 unspecified atom stereocenters. The molecule has 174 valence electrons. The van der Waals surface area contributed by atoms with Crippen LogP contribution in [0.1, 0.15) is 28.0 Å². The summed E-state index contributed by atoms with van der Waals surface area (Å²) < 4.78 is 0. The summed E-state index contributed by atoms with van der Waals surface area (Å²) in [5.74, 6) is 1.93. The number of carbonyl (C=O) groups excluding carboxylic acids is 1. The Morgan fingerprint density at radius 3 is 2.67 bits per heavy atom. The first-order valence-electron chi connectivity index (χ1n) is 10.6. The molecule has 1 aliphatic rings. The normalized spacial score (nSPS) is 15.4. The first-order valence-corrected chi connectivity index (χ1v) is 12.3. The van der Waals surface area contributed by atoms with E-state index in [2.05, 4.69) is 54.9 Å². The highest BCUT2D eigenvalue weighted by molar-refractivity contribution is 7.80. The Balaban J connectivity index is 1.44. The molecule has 2 aromatic heterocycles. The van der Waals surface area contributed by atoms with Crippen LogP contribution in [0.5, 0.6) is 0 Å².